The lowest BCUT2D eigenvalue weighted by atomic mass is 10.2. The first kappa shape index (κ1) is 11.5. The van der Waals surface area contributed by atoms with Gasteiger partial charge in [-0.15, -0.1) is 0 Å². The first-order chi connectivity index (χ1) is 8.06. The van der Waals surface area contributed by atoms with Gasteiger partial charge in [-0.3, -0.25) is 4.68 Å². The van der Waals surface area contributed by atoms with E-state index >= 15 is 0 Å². The molecule has 0 saturated heterocycles. The zero-order valence-electron chi connectivity index (χ0n) is 9.01. The molecule has 0 saturated carbocycles. The normalized spacial score (nSPS) is 10.2. The molecular formula is C11H10ClN3O2. The lowest BCUT2D eigenvalue weighted by Crippen LogP contribution is -2.03. The number of hydrogen-bond acceptors (Lipinski definition) is 3. The molecule has 0 unspecified atom stereocenters. The summed E-state index contributed by atoms with van der Waals surface area (Å²) in [7, 11) is 1.78. The molecule has 0 fully saturated rings. The molecule has 5 nitrogen and oxygen atoms in total. The lowest BCUT2D eigenvalue weighted by Gasteiger charge is -2.07. The summed E-state index contributed by atoms with van der Waals surface area (Å²) in [5.74, 6) is -0.455. The van der Waals surface area contributed by atoms with Gasteiger partial charge in [-0.1, -0.05) is 11.6 Å². The third kappa shape index (κ3) is 2.57. The predicted octanol–water partition coefficient (Wildman–Crippen LogP) is 2.52. The number of carboxylic acids is 1. The van der Waals surface area contributed by atoms with E-state index in [1.165, 1.54) is 6.07 Å². The fourth-order valence-corrected chi connectivity index (χ4v) is 1.59. The van der Waals surface area contributed by atoms with Gasteiger partial charge >= 0.3 is 5.97 Å². The summed E-state index contributed by atoms with van der Waals surface area (Å²) >= 11 is 5.76. The smallest absolute Gasteiger partial charge is 0.337 e. The number of aromatic nitrogens is 2. The second kappa shape index (κ2) is 4.47. The maximum atomic E-state index is 11.0. The van der Waals surface area contributed by atoms with Crippen molar-refractivity contribution in [2.75, 3.05) is 5.32 Å². The van der Waals surface area contributed by atoms with Crippen LogP contribution in [0.3, 0.4) is 0 Å². The maximum absolute atomic E-state index is 11.0. The van der Waals surface area contributed by atoms with Crippen LogP contribution in [0.5, 0.6) is 0 Å². The number of anilines is 2. The number of nitrogens with zero attached hydrogens (tertiary/aromatic N) is 2. The summed E-state index contributed by atoms with van der Waals surface area (Å²) in [5.41, 5.74) is 0.573. The Morgan fingerprint density at radius 1 is 1.47 bits per heavy atom. The van der Waals surface area contributed by atoms with Crippen LogP contribution in [0.4, 0.5) is 11.5 Å². The van der Waals surface area contributed by atoms with Crippen molar-refractivity contribution in [3.63, 3.8) is 0 Å². The van der Waals surface area contributed by atoms with Crippen LogP contribution in [-0.2, 0) is 7.05 Å². The van der Waals surface area contributed by atoms with E-state index in [1.807, 2.05) is 0 Å². The highest BCUT2D eigenvalue weighted by Gasteiger charge is 2.11. The summed E-state index contributed by atoms with van der Waals surface area (Å²) in [6.45, 7) is 0. The fraction of sp³-hybridized carbons (Fsp3) is 0.0909. The van der Waals surface area contributed by atoms with Gasteiger partial charge < -0.3 is 10.4 Å². The SMILES string of the molecule is Cn1ccc(Nc2ccc(Cl)cc2C(=O)O)n1. The van der Waals surface area contributed by atoms with Crippen LogP contribution in [0.1, 0.15) is 10.4 Å². The first-order valence-electron chi connectivity index (χ1n) is 4.86. The Morgan fingerprint density at radius 2 is 2.24 bits per heavy atom. The zero-order valence-corrected chi connectivity index (χ0v) is 9.77. The average molecular weight is 252 g/mol. The van der Waals surface area contributed by atoms with Gasteiger partial charge in [0.25, 0.3) is 0 Å². The van der Waals surface area contributed by atoms with Gasteiger partial charge in [0, 0.05) is 24.3 Å². The van der Waals surface area contributed by atoms with Crippen molar-refractivity contribution in [1.82, 2.24) is 9.78 Å². The van der Waals surface area contributed by atoms with Crippen molar-refractivity contribution in [2.45, 2.75) is 0 Å². The molecule has 17 heavy (non-hydrogen) atoms. The van der Waals surface area contributed by atoms with Gasteiger partial charge in [-0.2, -0.15) is 5.10 Å². The van der Waals surface area contributed by atoms with Crippen molar-refractivity contribution in [2.24, 2.45) is 7.05 Å². The van der Waals surface area contributed by atoms with E-state index in [4.69, 9.17) is 16.7 Å². The summed E-state index contributed by atoms with van der Waals surface area (Å²) in [6, 6.07) is 6.38. The van der Waals surface area contributed by atoms with Crippen molar-refractivity contribution in [1.29, 1.82) is 0 Å². The Bertz CT molecular complexity index is 566. The van der Waals surface area contributed by atoms with Gasteiger partial charge in [0.2, 0.25) is 0 Å². The first-order valence-corrected chi connectivity index (χ1v) is 5.23. The molecule has 1 heterocycles. The molecule has 0 radical (unpaired) electrons. The van der Waals surface area contributed by atoms with E-state index < -0.39 is 5.97 Å². The van der Waals surface area contributed by atoms with E-state index in [0.29, 0.717) is 16.5 Å². The standard InChI is InChI=1S/C11H10ClN3O2/c1-15-5-4-10(14-15)13-9-3-2-7(12)6-8(9)11(16)17/h2-6H,1H3,(H,13,14)(H,16,17). The van der Waals surface area contributed by atoms with Crippen LogP contribution in [0.25, 0.3) is 0 Å². The van der Waals surface area contributed by atoms with Crippen molar-refractivity contribution in [3.8, 4) is 0 Å². The number of halogens is 1. The number of aryl methyl sites for hydroxylation is 1. The maximum Gasteiger partial charge on any atom is 0.337 e. The monoisotopic (exact) mass is 251 g/mol. The Labute approximate surface area is 103 Å². The lowest BCUT2D eigenvalue weighted by molar-refractivity contribution is 0.0698. The number of hydrogen-bond donors (Lipinski definition) is 2. The van der Waals surface area contributed by atoms with Crippen LogP contribution in [0, 0.1) is 0 Å². The van der Waals surface area contributed by atoms with Crippen LogP contribution in [0.2, 0.25) is 5.02 Å². The molecule has 1 aromatic heterocycles. The molecule has 0 amide bonds. The highest BCUT2D eigenvalue weighted by Crippen LogP contribution is 2.23. The fourth-order valence-electron chi connectivity index (χ4n) is 1.42. The summed E-state index contributed by atoms with van der Waals surface area (Å²) in [4.78, 5) is 11.0. The second-order valence-corrected chi connectivity index (χ2v) is 3.93. The number of carboxylic acid groups (broad SMARTS) is 1. The minimum absolute atomic E-state index is 0.114. The van der Waals surface area contributed by atoms with E-state index in [1.54, 1.807) is 36.1 Å². The highest BCUT2D eigenvalue weighted by molar-refractivity contribution is 6.31. The molecule has 2 aromatic rings. The molecule has 88 valence electrons. The minimum Gasteiger partial charge on any atom is -0.478 e. The Hall–Kier alpha value is -2.01. The Morgan fingerprint density at radius 3 is 2.82 bits per heavy atom. The van der Waals surface area contributed by atoms with E-state index in [9.17, 15) is 4.79 Å². The predicted molar refractivity (Wildman–Crippen MR) is 64.9 cm³/mol. The van der Waals surface area contributed by atoms with Crippen LogP contribution < -0.4 is 5.32 Å². The quantitative estimate of drug-likeness (QED) is 0.880. The van der Waals surface area contributed by atoms with Gasteiger partial charge in [-0.05, 0) is 18.2 Å². The van der Waals surface area contributed by atoms with Gasteiger partial charge in [0.15, 0.2) is 5.82 Å². The summed E-state index contributed by atoms with van der Waals surface area (Å²) in [6.07, 6.45) is 1.76. The topological polar surface area (TPSA) is 67.2 Å². The number of benzene rings is 1. The third-order valence-corrected chi connectivity index (χ3v) is 2.42. The van der Waals surface area contributed by atoms with Crippen LogP contribution in [-0.4, -0.2) is 20.9 Å². The summed E-state index contributed by atoms with van der Waals surface area (Å²) < 4.78 is 1.62. The Kier molecular flexibility index (Phi) is 3.01. The van der Waals surface area contributed by atoms with Gasteiger partial charge in [0.05, 0.1) is 11.3 Å². The number of carbonyl (C=O) groups is 1. The van der Waals surface area contributed by atoms with E-state index in [2.05, 4.69) is 10.4 Å². The van der Waals surface area contributed by atoms with Gasteiger partial charge in [0.1, 0.15) is 0 Å². The molecule has 0 aliphatic carbocycles. The molecule has 1 aromatic carbocycles. The van der Waals surface area contributed by atoms with Gasteiger partial charge in [-0.25, -0.2) is 4.79 Å². The number of rotatable bonds is 3. The number of nitrogens with one attached hydrogen (secondary N) is 1. The molecule has 0 bridgehead atoms. The molecule has 0 spiro atoms. The highest BCUT2D eigenvalue weighted by atomic mass is 35.5. The minimum atomic E-state index is -1.04. The largest absolute Gasteiger partial charge is 0.478 e. The molecule has 2 rings (SSSR count). The summed E-state index contributed by atoms with van der Waals surface area (Å²) in [5, 5.41) is 16.5. The van der Waals surface area contributed by atoms with Crippen molar-refractivity contribution in [3.05, 3.63) is 41.0 Å². The molecule has 0 aliphatic rings. The molecular weight excluding hydrogens is 242 g/mol. The van der Waals surface area contributed by atoms with E-state index in [0.717, 1.165) is 0 Å². The average Bonchev–Trinajstić information content (AvgIpc) is 2.66. The van der Waals surface area contributed by atoms with E-state index in [-0.39, 0.29) is 5.56 Å². The zero-order chi connectivity index (χ0) is 12.4. The van der Waals surface area contributed by atoms with Crippen molar-refractivity contribution < 1.29 is 9.90 Å². The molecule has 0 atom stereocenters. The molecule has 2 N–H and O–H groups in total. The molecule has 6 heteroatoms. The number of aromatic carboxylic acids is 1. The Balaban J connectivity index is 2.35. The third-order valence-electron chi connectivity index (χ3n) is 2.19. The van der Waals surface area contributed by atoms with Crippen molar-refractivity contribution >= 4 is 29.1 Å². The van der Waals surface area contributed by atoms with Crippen LogP contribution >= 0.6 is 11.6 Å². The van der Waals surface area contributed by atoms with Crippen LogP contribution in [0.15, 0.2) is 30.5 Å². The second-order valence-electron chi connectivity index (χ2n) is 3.49. The molecule has 0 aliphatic heterocycles.